The van der Waals surface area contributed by atoms with Gasteiger partial charge < -0.3 is 0 Å². The molecule has 0 aromatic heterocycles. The van der Waals surface area contributed by atoms with Crippen LogP contribution in [0.1, 0.15) is 16.3 Å². The van der Waals surface area contributed by atoms with Gasteiger partial charge >= 0.3 is 0 Å². The molecule has 0 atom stereocenters. The summed E-state index contributed by atoms with van der Waals surface area (Å²) in [6.45, 7) is 18.8. The Labute approximate surface area is 109 Å². The lowest BCUT2D eigenvalue weighted by Gasteiger charge is -2.38. The highest BCUT2D eigenvalue weighted by atomic mass is 28.4. The van der Waals surface area contributed by atoms with E-state index in [0.29, 0.717) is 0 Å². The summed E-state index contributed by atoms with van der Waals surface area (Å²) in [7, 11) is -2.31. The summed E-state index contributed by atoms with van der Waals surface area (Å²) in [4.78, 5) is 0. The third-order valence-corrected chi connectivity index (χ3v) is 12.6. The van der Waals surface area contributed by atoms with Crippen LogP contribution in [-0.2, 0) is 0 Å². The minimum Gasteiger partial charge on any atom is -0.0985 e. The predicted molar refractivity (Wildman–Crippen MR) is 86.0 cm³/mol. The van der Waals surface area contributed by atoms with Crippen LogP contribution in [0.5, 0.6) is 0 Å². The third-order valence-electron chi connectivity index (χ3n) is 3.24. The molecular formula is C15H26Si2. The van der Waals surface area contributed by atoms with Crippen molar-refractivity contribution in [2.45, 2.75) is 44.4 Å². The van der Waals surface area contributed by atoms with Gasteiger partial charge in [0.2, 0.25) is 0 Å². The van der Waals surface area contributed by atoms with E-state index < -0.39 is 16.1 Å². The maximum Gasteiger partial charge on any atom is 0.0493 e. The van der Waals surface area contributed by atoms with Crippen LogP contribution in [0, 0.1) is 0 Å². The Balaban J connectivity index is 3.19. The van der Waals surface area contributed by atoms with Gasteiger partial charge in [-0.1, -0.05) is 81.8 Å². The molecule has 0 bridgehead atoms. The Hall–Kier alpha value is -0.606. The molecule has 0 fully saturated rings. The van der Waals surface area contributed by atoms with Crippen LogP contribution in [0.25, 0.3) is 6.08 Å². The molecule has 2 heteroatoms. The number of hydrogen-bond donors (Lipinski definition) is 0. The minimum absolute atomic E-state index is 0.828. The first-order valence-corrected chi connectivity index (χ1v) is 13.5. The van der Waals surface area contributed by atoms with Crippen molar-refractivity contribution >= 4 is 22.2 Å². The van der Waals surface area contributed by atoms with E-state index in [1.54, 1.807) is 5.56 Å². The van der Waals surface area contributed by atoms with E-state index in [4.69, 9.17) is 0 Å². The first-order chi connectivity index (χ1) is 7.66. The van der Waals surface area contributed by atoms with E-state index >= 15 is 0 Å². The standard InChI is InChI=1S/C15H26Si2/c1-8-13-9-11-14(12-10-13)15(16(2,3)4)17(5,6)7/h8-12,15H,1H2,2-7H3. The van der Waals surface area contributed by atoms with E-state index in [-0.39, 0.29) is 0 Å². The molecule has 17 heavy (non-hydrogen) atoms. The monoisotopic (exact) mass is 262 g/mol. The Morgan fingerprint density at radius 3 is 1.59 bits per heavy atom. The summed E-state index contributed by atoms with van der Waals surface area (Å²) in [5, 5.41) is 0.828. The van der Waals surface area contributed by atoms with Gasteiger partial charge in [-0.15, -0.1) is 0 Å². The van der Waals surface area contributed by atoms with E-state index in [1.165, 1.54) is 5.56 Å². The summed E-state index contributed by atoms with van der Waals surface area (Å²) in [5.74, 6) is 0. The lowest BCUT2D eigenvalue weighted by molar-refractivity contribution is 1.18. The van der Waals surface area contributed by atoms with Crippen LogP contribution < -0.4 is 0 Å². The molecule has 0 heterocycles. The van der Waals surface area contributed by atoms with Crippen LogP contribution in [0.2, 0.25) is 39.3 Å². The van der Waals surface area contributed by atoms with E-state index in [0.717, 1.165) is 5.16 Å². The summed E-state index contributed by atoms with van der Waals surface area (Å²) < 4.78 is 0. The van der Waals surface area contributed by atoms with Crippen molar-refractivity contribution in [1.29, 1.82) is 0 Å². The second-order valence-electron chi connectivity index (χ2n) is 7.04. The normalized spacial score (nSPS) is 12.9. The average Bonchev–Trinajstić information content (AvgIpc) is 2.14. The van der Waals surface area contributed by atoms with E-state index in [9.17, 15) is 0 Å². The Bertz CT molecular complexity index is 363. The van der Waals surface area contributed by atoms with Crippen molar-refractivity contribution < 1.29 is 0 Å². The molecule has 0 nitrogen and oxygen atoms in total. The zero-order valence-corrected chi connectivity index (χ0v) is 14.2. The molecule has 1 aromatic rings. The van der Waals surface area contributed by atoms with Crippen molar-refractivity contribution in [3.05, 3.63) is 42.0 Å². The fourth-order valence-corrected chi connectivity index (χ4v) is 15.9. The Morgan fingerprint density at radius 1 is 0.882 bits per heavy atom. The highest BCUT2D eigenvalue weighted by Gasteiger charge is 2.38. The summed E-state index contributed by atoms with van der Waals surface area (Å²) in [5.41, 5.74) is 2.77. The fraction of sp³-hybridized carbons (Fsp3) is 0.467. The zero-order valence-electron chi connectivity index (χ0n) is 12.2. The summed E-state index contributed by atoms with van der Waals surface area (Å²) in [6, 6.07) is 9.04. The van der Waals surface area contributed by atoms with Crippen molar-refractivity contribution in [2.75, 3.05) is 0 Å². The van der Waals surface area contributed by atoms with Gasteiger partial charge in [-0.3, -0.25) is 0 Å². The van der Waals surface area contributed by atoms with Gasteiger partial charge in [0, 0.05) is 16.1 Å². The zero-order chi connectivity index (χ0) is 13.3. The van der Waals surface area contributed by atoms with Crippen LogP contribution in [-0.4, -0.2) is 16.1 Å². The number of hydrogen-bond acceptors (Lipinski definition) is 0. The van der Waals surface area contributed by atoms with Gasteiger partial charge in [0.05, 0.1) is 0 Å². The molecule has 0 amide bonds. The molecule has 1 rings (SSSR count). The van der Waals surface area contributed by atoms with Crippen LogP contribution in [0.4, 0.5) is 0 Å². The molecule has 0 unspecified atom stereocenters. The summed E-state index contributed by atoms with van der Waals surface area (Å²) in [6.07, 6.45) is 1.92. The Morgan fingerprint density at radius 2 is 1.29 bits per heavy atom. The molecular weight excluding hydrogens is 236 g/mol. The fourth-order valence-electron chi connectivity index (χ4n) is 3.12. The predicted octanol–water partition coefficient (Wildman–Crippen LogP) is 5.17. The number of benzene rings is 1. The first kappa shape index (κ1) is 14.5. The van der Waals surface area contributed by atoms with E-state index in [1.807, 2.05) is 6.08 Å². The highest BCUT2D eigenvalue weighted by Crippen LogP contribution is 2.35. The van der Waals surface area contributed by atoms with Gasteiger partial charge in [0.1, 0.15) is 0 Å². The first-order valence-electron chi connectivity index (χ1n) is 6.38. The van der Waals surface area contributed by atoms with Crippen LogP contribution in [0.3, 0.4) is 0 Å². The lowest BCUT2D eigenvalue weighted by atomic mass is 10.1. The van der Waals surface area contributed by atoms with Crippen LogP contribution >= 0.6 is 0 Å². The van der Waals surface area contributed by atoms with Crippen molar-refractivity contribution in [1.82, 2.24) is 0 Å². The maximum absolute atomic E-state index is 3.82. The smallest absolute Gasteiger partial charge is 0.0493 e. The molecule has 0 aliphatic rings. The quantitative estimate of drug-likeness (QED) is 0.657. The Kier molecular flexibility index (Phi) is 4.21. The topological polar surface area (TPSA) is 0 Å². The van der Waals surface area contributed by atoms with Crippen molar-refractivity contribution in [3.63, 3.8) is 0 Å². The van der Waals surface area contributed by atoms with Gasteiger partial charge in [-0.25, -0.2) is 0 Å². The molecule has 0 spiro atoms. The van der Waals surface area contributed by atoms with Gasteiger partial charge in [0.25, 0.3) is 0 Å². The largest absolute Gasteiger partial charge is 0.0985 e. The second-order valence-corrected chi connectivity index (χ2v) is 18.2. The molecule has 0 aliphatic carbocycles. The lowest BCUT2D eigenvalue weighted by Crippen LogP contribution is -2.46. The van der Waals surface area contributed by atoms with Crippen molar-refractivity contribution in [2.24, 2.45) is 0 Å². The van der Waals surface area contributed by atoms with Gasteiger partial charge in [-0.2, -0.15) is 0 Å². The molecule has 0 saturated carbocycles. The molecule has 1 aromatic carbocycles. The third kappa shape index (κ3) is 3.68. The maximum atomic E-state index is 3.82. The summed E-state index contributed by atoms with van der Waals surface area (Å²) >= 11 is 0. The molecule has 0 N–H and O–H groups in total. The van der Waals surface area contributed by atoms with Gasteiger partial charge in [0.15, 0.2) is 0 Å². The van der Waals surface area contributed by atoms with Crippen LogP contribution in [0.15, 0.2) is 30.8 Å². The average molecular weight is 263 g/mol. The van der Waals surface area contributed by atoms with Crippen molar-refractivity contribution in [3.8, 4) is 0 Å². The molecule has 0 aliphatic heterocycles. The van der Waals surface area contributed by atoms with Gasteiger partial charge in [-0.05, 0) is 10.7 Å². The highest BCUT2D eigenvalue weighted by molar-refractivity contribution is 6.96. The minimum atomic E-state index is -1.15. The molecule has 0 radical (unpaired) electrons. The SMILES string of the molecule is C=Cc1ccc(C([Si](C)(C)C)[Si](C)(C)C)cc1. The second kappa shape index (κ2) is 4.95. The number of rotatable bonds is 4. The van der Waals surface area contributed by atoms with E-state index in [2.05, 4.69) is 70.1 Å². The molecule has 0 saturated heterocycles. The molecule has 94 valence electrons.